The molecule has 0 aliphatic carbocycles. The van der Waals surface area contributed by atoms with Crippen molar-refractivity contribution in [3.8, 4) is 17.0 Å². The molecule has 8 heteroatoms. The van der Waals surface area contributed by atoms with E-state index in [-0.39, 0.29) is 11.6 Å². The van der Waals surface area contributed by atoms with Crippen molar-refractivity contribution in [2.24, 2.45) is 0 Å². The Hall–Kier alpha value is -3.26. The number of nitrogens with zero attached hydrogens (tertiary/aromatic N) is 2. The van der Waals surface area contributed by atoms with Crippen LogP contribution in [0.2, 0.25) is 0 Å². The molecule has 0 atom stereocenters. The second-order valence-electron chi connectivity index (χ2n) is 5.00. The topological polar surface area (TPSA) is 94.4 Å². The maximum atomic E-state index is 12.2. The summed E-state index contributed by atoms with van der Waals surface area (Å²) in [5, 5.41) is 15.6. The number of ether oxygens (including phenoxy) is 1. The number of amides is 1. The van der Waals surface area contributed by atoms with Gasteiger partial charge in [0.05, 0.1) is 17.7 Å². The maximum Gasteiger partial charge on any atom is 0.269 e. The van der Waals surface area contributed by atoms with Crippen molar-refractivity contribution >= 4 is 28.1 Å². The van der Waals surface area contributed by atoms with Gasteiger partial charge in [0.25, 0.3) is 11.6 Å². The molecule has 0 unspecified atom stereocenters. The molecule has 3 rings (SSSR count). The van der Waals surface area contributed by atoms with Gasteiger partial charge in [0, 0.05) is 28.6 Å². The summed E-state index contributed by atoms with van der Waals surface area (Å²) in [5.74, 6) is 0.317. The Morgan fingerprint density at radius 1 is 1.20 bits per heavy atom. The van der Waals surface area contributed by atoms with Gasteiger partial charge < -0.3 is 4.74 Å². The fourth-order valence-electron chi connectivity index (χ4n) is 2.21. The number of hydrogen-bond donors (Lipinski definition) is 1. The molecule has 0 bridgehead atoms. The van der Waals surface area contributed by atoms with E-state index in [9.17, 15) is 14.9 Å². The molecule has 126 valence electrons. The molecular formula is C17H13N3O4S. The van der Waals surface area contributed by atoms with Gasteiger partial charge in [-0.1, -0.05) is 12.1 Å². The summed E-state index contributed by atoms with van der Waals surface area (Å²) in [7, 11) is 1.59. The average molecular weight is 355 g/mol. The second-order valence-corrected chi connectivity index (χ2v) is 5.85. The zero-order chi connectivity index (χ0) is 17.8. The van der Waals surface area contributed by atoms with E-state index in [1.165, 1.54) is 35.6 Å². The van der Waals surface area contributed by atoms with Gasteiger partial charge >= 0.3 is 0 Å². The number of nitro groups is 1. The van der Waals surface area contributed by atoms with E-state index < -0.39 is 4.92 Å². The lowest BCUT2D eigenvalue weighted by atomic mass is 10.1. The molecule has 1 aromatic heterocycles. The molecule has 3 aromatic rings. The molecule has 1 N–H and O–H groups in total. The molecule has 0 saturated heterocycles. The molecule has 0 spiro atoms. The minimum Gasteiger partial charge on any atom is -0.496 e. The Bertz CT molecular complexity index is 922. The first-order valence-electron chi connectivity index (χ1n) is 7.23. The highest BCUT2D eigenvalue weighted by Gasteiger charge is 2.13. The van der Waals surface area contributed by atoms with E-state index in [1.54, 1.807) is 7.11 Å². The minimum atomic E-state index is -0.512. The molecule has 1 heterocycles. The Balaban J connectivity index is 1.77. The number of benzene rings is 2. The molecule has 25 heavy (non-hydrogen) atoms. The third-order valence-corrected chi connectivity index (χ3v) is 4.21. The first kappa shape index (κ1) is 16.6. The zero-order valence-electron chi connectivity index (χ0n) is 13.1. The van der Waals surface area contributed by atoms with Gasteiger partial charge in [-0.25, -0.2) is 4.98 Å². The number of nitrogens with one attached hydrogen (secondary N) is 1. The van der Waals surface area contributed by atoms with Crippen LogP contribution in [-0.2, 0) is 0 Å². The van der Waals surface area contributed by atoms with Crippen LogP contribution in [0.25, 0.3) is 11.3 Å². The lowest BCUT2D eigenvalue weighted by molar-refractivity contribution is -0.384. The molecule has 0 saturated carbocycles. The third kappa shape index (κ3) is 3.64. The molecule has 2 aromatic carbocycles. The summed E-state index contributed by atoms with van der Waals surface area (Å²) < 4.78 is 5.31. The Morgan fingerprint density at radius 3 is 2.60 bits per heavy atom. The van der Waals surface area contributed by atoms with E-state index >= 15 is 0 Å². The number of non-ortho nitro benzene ring substituents is 1. The molecule has 1 amide bonds. The highest BCUT2D eigenvalue weighted by atomic mass is 32.1. The van der Waals surface area contributed by atoms with Crippen molar-refractivity contribution in [2.75, 3.05) is 12.4 Å². The summed E-state index contributed by atoms with van der Waals surface area (Å²) in [6.07, 6.45) is 0. The number of rotatable bonds is 5. The van der Waals surface area contributed by atoms with Gasteiger partial charge in [0.15, 0.2) is 5.13 Å². The van der Waals surface area contributed by atoms with Crippen LogP contribution in [-0.4, -0.2) is 22.9 Å². The van der Waals surface area contributed by atoms with Crippen LogP contribution in [0.1, 0.15) is 10.4 Å². The van der Waals surface area contributed by atoms with Crippen molar-refractivity contribution in [1.29, 1.82) is 0 Å². The Labute approximate surface area is 147 Å². The number of anilines is 1. The summed E-state index contributed by atoms with van der Waals surface area (Å²) >= 11 is 1.29. The highest BCUT2D eigenvalue weighted by molar-refractivity contribution is 7.14. The quantitative estimate of drug-likeness (QED) is 0.552. The number of hydrogen-bond acceptors (Lipinski definition) is 6. The Morgan fingerprint density at radius 2 is 1.92 bits per heavy atom. The van der Waals surface area contributed by atoms with Crippen molar-refractivity contribution < 1.29 is 14.5 Å². The van der Waals surface area contributed by atoms with E-state index in [0.717, 1.165) is 5.56 Å². The number of aromatic nitrogens is 1. The second kappa shape index (κ2) is 7.10. The van der Waals surface area contributed by atoms with Gasteiger partial charge in [0.2, 0.25) is 0 Å². The van der Waals surface area contributed by atoms with Crippen LogP contribution in [0.3, 0.4) is 0 Å². The lowest BCUT2D eigenvalue weighted by Gasteiger charge is -2.05. The van der Waals surface area contributed by atoms with Gasteiger partial charge in [0.1, 0.15) is 5.75 Å². The van der Waals surface area contributed by atoms with Crippen LogP contribution < -0.4 is 10.1 Å². The fourth-order valence-corrected chi connectivity index (χ4v) is 2.92. The first-order chi connectivity index (χ1) is 12.1. The highest BCUT2D eigenvalue weighted by Crippen LogP contribution is 2.32. The van der Waals surface area contributed by atoms with Crippen molar-refractivity contribution in [1.82, 2.24) is 4.98 Å². The number of carbonyl (C=O) groups is 1. The van der Waals surface area contributed by atoms with Gasteiger partial charge in [-0.3, -0.25) is 20.2 Å². The van der Waals surface area contributed by atoms with E-state index in [0.29, 0.717) is 22.1 Å². The molecular weight excluding hydrogens is 342 g/mol. The lowest BCUT2D eigenvalue weighted by Crippen LogP contribution is -2.11. The summed E-state index contributed by atoms with van der Waals surface area (Å²) in [5.41, 5.74) is 1.78. The van der Waals surface area contributed by atoms with E-state index in [2.05, 4.69) is 10.3 Å². The van der Waals surface area contributed by atoms with Crippen LogP contribution in [0, 0.1) is 10.1 Å². The number of para-hydroxylation sites is 1. The molecule has 0 aliphatic heterocycles. The summed E-state index contributed by atoms with van der Waals surface area (Å²) in [6, 6.07) is 12.9. The van der Waals surface area contributed by atoms with Crippen molar-refractivity contribution in [2.45, 2.75) is 0 Å². The predicted molar refractivity (Wildman–Crippen MR) is 95.2 cm³/mol. The first-order valence-corrected chi connectivity index (χ1v) is 8.11. The Kier molecular flexibility index (Phi) is 4.71. The van der Waals surface area contributed by atoms with Crippen LogP contribution >= 0.6 is 11.3 Å². The summed E-state index contributed by atoms with van der Waals surface area (Å²) in [6.45, 7) is 0. The number of nitro benzene ring substituents is 1. The van der Waals surface area contributed by atoms with E-state index in [1.807, 2.05) is 29.6 Å². The zero-order valence-corrected chi connectivity index (χ0v) is 13.9. The van der Waals surface area contributed by atoms with Crippen molar-refractivity contribution in [3.05, 3.63) is 69.6 Å². The number of carbonyl (C=O) groups excluding carboxylic acids is 1. The van der Waals surface area contributed by atoms with Gasteiger partial charge in [-0.2, -0.15) is 0 Å². The SMILES string of the molecule is COc1ccccc1-c1csc(NC(=O)c2ccc([N+](=O)[O-])cc2)n1. The monoisotopic (exact) mass is 355 g/mol. The molecule has 0 radical (unpaired) electrons. The molecule has 0 aliphatic rings. The van der Waals surface area contributed by atoms with Gasteiger partial charge in [-0.05, 0) is 24.3 Å². The number of methoxy groups -OCH3 is 1. The maximum absolute atomic E-state index is 12.2. The summed E-state index contributed by atoms with van der Waals surface area (Å²) in [4.78, 5) is 26.8. The molecule has 7 nitrogen and oxygen atoms in total. The fraction of sp³-hybridized carbons (Fsp3) is 0.0588. The van der Waals surface area contributed by atoms with Crippen LogP contribution in [0.4, 0.5) is 10.8 Å². The van der Waals surface area contributed by atoms with E-state index in [4.69, 9.17) is 4.74 Å². The van der Waals surface area contributed by atoms with Gasteiger partial charge in [-0.15, -0.1) is 11.3 Å². The average Bonchev–Trinajstić information content (AvgIpc) is 3.10. The largest absolute Gasteiger partial charge is 0.496 e. The number of thiazole rings is 1. The standard InChI is InChI=1S/C17H13N3O4S/c1-24-15-5-3-2-4-13(15)14-10-25-17(18-14)19-16(21)11-6-8-12(9-7-11)20(22)23/h2-10H,1H3,(H,18,19,21). The smallest absolute Gasteiger partial charge is 0.269 e. The van der Waals surface area contributed by atoms with Crippen molar-refractivity contribution in [3.63, 3.8) is 0 Å². The third-order valence-electron chi connectivity index (χ3n) is 3.45. The van der Waals surface area contributed by atoms with Crippen LogP contribution in [0.5, 0.6) is 5.75 Å². The normalized spacial score (nSPS) is 10.3. The molecule has 0 fully saturated rings. The predicted octanol–water partition coefficient (Wildman–Crippen LogP) is 3.98. The minimum absolute atomic E-state index is 0.0655. The van der Waals surface area contributed by atoms with Crippen LogP contribution in [0.15, 0.2) is 53.9 Å².